The normalized spacial score (nSPS) is 16.0. The van der Waals surface area contributed by atoms with Crippen LogP contribution < -0.4 is 0 Å². The van der Waals surface area contributed by atoms with Crippen molar-refractivity contribution < 1.29 is 14.6 Å². The second-order valence-corrected chi connectivity index (χ2v) is 7.86. The molecule has 4 nitrogen and oxygen atoms in total. The lowest BCUT2D eigenvalue weighted by molar-refractivity contribution is -0.135. The zero-order valence-corrected chi connectivity index (χ0v) is 17.2. The number of nitrogens with zero attached hydrogens (tertiary/aromatic N) is 1. The van der Waals surface area contributed by atoms with Gasteiger partial charge >= 0.3 is 0 Å². The summed E-state index contributed by atoms with van der Waals surface area (Å²) in [5.74, 6) is 0.307. The average molecular weight is 370 g/mol. The van der Waals surface area contributed by atoms with Crippen LogP contribution in [0.15, 0.2) is 0 Å². The Morgan fingerprint density at radius 3 is 1.92 bits per heavy atom. The van der Waals surface area contributed by atoms with E-state index in [2.05, 4.69) is 6.92 Å². The van der Waals surface area contributed by atoms with Crippen molar-refractivity contribution in [2.45, 2.75) is 109 Å². The van der Waals surface area contributed by atoms with Gasteiger partial charge in [-0.3, -0.25) is 4.79 Å². The standard InChI is InChI=1S/C22H43NO3/c1-2-3-4-11-14-21(24)15-12-9-7-5-6-8-10-13-16-22(25)23-17-19-26-20-18-23/h21,24H,2-20H2,1H3. The van der Waals surface area contributed by atoms with E-state index in [0.717, 1.165) is 32.4 Å². The Morgan fingerprint density at radius 2 is 1.35 bits per heavy atom. The van der Waals surface area contributed by atoms with Gasteiger partial charge in [-0.05, 0) is 19.3 Å². The van der Waals surface area contributed by atoms with Gasteiger partial charge in [-0.15, -0.1) is 0 Å². The molecule has 1 amide bonds. The number of carbonyl (C=O) groups is 1. The number of aliphatic hydroxyl groups excluding tert-OH is 1. The number of aliphatic hydroxyl groups is 1. The van der Waals surface area contributed by atoms with Crippen molar-refractivity contribution in [2.24, 2.45) is 0 Å². The summed E-state index contributed by atoms with van der Waals surface area (Å²) in [6.45, 7) is 5.16. The Kier molecular flexibility index (Phi) is 14.9. The first-order chi connectivity index (χ1) is 12.7. The number of ether oxygens (including phenoxy) is 1. The highest BCUT2D eigenvalue weighted by atomic mass is 16.5. The molecule has 1 atom stereocenters. The first kappa shape index (κ1) is 23.4. The molecule has 0 aromatic rings. The van der Waals surface area contributed by atoms with Gasteiger partial charge in [0, 0.05) is 19.5 Å². The highest BCUT2D eigenvalue weighted by molar-refractivity contribution is 5.76. The molecule has 0 bridgehead atoms. The largest absolute Gasteiger partial charge is 0.393 e. The van der Waals surface area contributed by atoms with Crippen molar-refractivity contribution in [2.75, 3.05) is 26.3 Å². The van der Waals surface area contributed by atoms with Crippen molar-refractivity contribution in [3.8, 4) is 0 Å². The van der Waals surface area contributed by atoms with Gasteiger partial charge in [-0.2, -0.15) is 0 Å². The second-order valence-electron chi connectivity index (χ2n) is 7.86. The van der Waals surface area contributed by atoms with Crippen molar-refractivity contribution in [1.29, 1.82) is 0 Å². The molecule has 26 heavy (non-hydrogen) atoms. The number of carbonyl (C=O) groups excluding carboxylic acids is 1. The minimum Gasteiger partial charge on any atom is -0.393 e. The van der Waals surface area contributed by atoms with Crippen LogP contribution in [0.25, 0.3) is 0 Å². The molecular weight excluding hydrogens is 326 g/mol. The van der Waals surface area contributed by atoms with Gasteiger partial charge in [0.15, 0.2) is 0 Å². The van der Waals surface area contributed by atoms with Crippen LogP contribution in [-0.4, -0.2) is 48.3 Å². The zero-order valence-electron chi connectivity index (χ0n) is 17.2. The fourth-order valence-electron chi connectivity index (χ4n) is 3.64. The van der Waals surface area contributed by atoms with E-state index in [9.17, 15) is 9.90 Å². The van der Waals surface area contributed by atoms with E-state index in [4.69, 9.17) is 4.74 Å². The molecule has 1 fully saturated rings. The Morgan fingerprint density at radius 1 is 0.846 bits per heavy atom. The molecule has 0 radical (unpaired) electrons. The highest BCUT2D eigenvalue weighted by Crippen LogP contribution is 2.14. The average Bonchev–Trinajstić information content (AvgIpc) is 2.67. The molecule has 1 unspecified atom stereocenters. The first-order valence-corrected chi connectivity index (χ1v) is 11.3. The van der Waals surface area contributed by atoms with Gasteiger partial charge in [-0.1, -0.05) is 77.6 Å². The Hall–Kier alpha value is -0.610. The van der Waals surface area contributed by atoms with Gasteiger partial charge in [-0.25, -0.2) is 0 Å². The summed E-state index contributed by atoms with van der Waals surface area (Å²) in [4.78, 5) is 14.0. The molecule has 1 saturated heterocycles. The van der Waals surface area contributed by atoms with E-state index < -0.39 is 0 Å². The Bertz CT molecular complexity index is 329. The minimum absolute atomic E-state index is 0.0733. The summed E-state index contributed by atoms with van der Waals surface area (Å²) in [7, 11) is 0. The van der Waals surface area contributed by atoms with Crippen LogP contribution >= 0.6 is 0 Å². The lowest BCUT2D eigenvalue weighted by atomic mass is 10.0. The number of morpholine rings is 1. The highest BCUT2D eigenvalue weighted by Gasteiger charge is 2.15. The van der Waals surface area contributed by atoms with E-state index in [-0.39, 0.29) is 6.10 Å². The molecule has 1 N–H and O–H groups in total. The van der Waals surface area contributed by atoms with E-state index in [1.807, 2.05) is 4.90 Å². The van der Waals surface area contributed by atoms with Crippen LogP contribution in [-0.2, 0) is 9.53 Å². The van der Waals surface area contributed by atoms with Gasteiger partial charge in [0.05, 0.1) is 19.3 Å². The third kappa shape index (κ3) is 12.7. The predicted molar refractivity (Wildman–Crippen MR) is 108 cm³/mol. The fraction of sp³-hybridized carbons (Fsp3) is 0.955. The van der Waals surface area contributed by atoms with Crippen molar-refractivity contribution in [3.05, 3.63) is 0 Å². The maximum Gasteiger partial charge on any atom is 0.222 e. The third-order valence-corrected chi connectivity index (χ3v) is 5.43. The van der Waals surface area contributed by atoms with E-state index in [0.29, 0.717) is 25.5 Å². The Balaban J connectivity index is 1.79. The van der Waals surface area contributed by atoms with Crippen molar-refractivity contribution in [1.82, 2.24) is 4.90 Å². The fourth-order valence-corrected chi connectivity index (χ4v) is 3.64. The SMILES string of the molecule is CCCCCCC(O)CCCCCCCCCCC(=O)N1CCOCC1. The minimum atomic E-state index is -0.0733. The van der Waals surface area contributed by atoms with Crippen molar-refractivity contribution in [3.63, 3.8) is 0 Å². The Labute approximate surface area is 161 Å². The summed E-state index contributed by atoms with van der Waals surface area (Å²) in [6.07, 6.45) is 17.4. The number of unbranched alkanes of at least 4 members (excludes halogenated alkanes) is 10. The zero-order chi connectivity index (χ0) is 18.9. The van der Waals surface area contributed by atoms with Crippen LogP contribution in [0.4, 0.5) is 0 Å². The first-order valence-electron chi connectivity index (χ1n) is 11.3. The topological polar surface area (TPSA) is 49.8 Å². The summed E-state index contributed by atoms with van der Waals surface area (Å²) in [6, 6.07) is 0. The molecule has 1 aliphatic rings. The molecule has 1 aliphatic heterocycles. The van der Waals surface area contributed by atoms with E-state index >= 15 is 0 Å². The van der Waals surface area contributed by atoms with E-state index in [1.54, 1.807) is 0 Å². The summed E-state index contributed by atoms with van der Waals surface area (Å²) < 4.78 is 5.28. The second kappa shape index (κ2) is 16.6. The number of hydrogen-bond donors (Lipinski definition) is 1. The van der Waals surface area contributed by atoms with Gasteiger partial charge < -0.3 is 14.7 Å². The van der Waals surface area contributed by atoms with Crippen LogP contribution in [0.5, 0.6) is 0 Å². The molecule has 1 rings (SSSR count). The maximum absolute atomic E-state index is 12.0. The molecule has 0 spiro atoms. The van der Waals surface area contributed by atoms with Crippen LogP contribution in [0, 0.1) is 0 Å². The van der Waals surface area contributed by atoms with Crippen molar-refractivity contribution >= 4 is 5.91 Å². The van der Waals surface area contributed by atoms with Crippen LogP contribution in [0.2, 0.25) is 0 Å². The van der Waals surface area contributed by atoms with Crippen LogP contribution in [0.1, 0.15) is 103 Å². The van der Waals surface area contributed by atoms with Gasteiger partial charge in [0.2, 0.25) is 5.91 Å². The molecule has 0 aliphatic carbocycles. The van der Waals surface area contributed by atoms with Gasteiger partial charge in [0.25, 0.3) is 0 Å². The number of amides is 1. The van der Waals surface area contributed by atoms with Gasteiger partial charge in [0.1, 0.15) is 0 Å². The molecule has 154 valence electrons. The molecule has 1 heterocycles. The number of hydrogen-bond acceptors (Lipinski definition) is 3. The van der Waals surface area contributed by atoms with E-state index in [1.165, 1.54) is 70.6 Å². The summed E-state index contributed by atoms with van der Waals surface area (Å²) >= 11 is 0. The molecular formula is C22H43NO3. The third-order valence-electron chi connectivity index (χ3n) is 5.43. The quantitative estimate of drug-likeness (QED) is 0.386. The lowest BCUT2D eigenvalue weighted by Crippen LogP contribution is -2.40. The maximum atomic E-state index is 12.0. The number of rotatable bonds is 16. The smallest absolute Gasteiger partial charge is 0.222 e. The summed E-state index contributed by atoms with van der Waals surface area (Å²) in [5, 5.41) is 9.95. The lowest BCUT2D eigenvalue weighted by Gasteiger charge is -2.26. The van der Waals surface area contributed by atoms with Crippen LogP contribution in [0.3, 0.4) is 0 Å². The molecule has 0 saturated carbocycles. The molecule has 4 heteroatoms. The monoisotopic (exact) mass is 369 g/mol. The molecule has 0 aromatic heterocycles. The predicted octanol–water partition coefficient (Wildman–Crippen LogP) is 5.08. The summed E-state index contributed by atoms with van der Waals surface area (Å²) in [5.41, 5.74) is 0. The molecule has 0 aromatic carbocycles.